The maximum absolute atomic E-state index is 5.38. The minimum Gasteiger partial charge on any atom is -0.378 e. The molecule has 3 rings (SSSR count). The maximum Gasteiger partial charge on any atom is 0.173 e. The van der Waals surface area contributed by atoms with Gasteiger partial charge < -0.3 is 9.64 Å². The molecule has 0 bridgehead atoms. The van der Waals surface area contributed by atoms with Crippen molar-refractivity contribution >= 4 is 5.69 Å². The molecule has 98 valence electrons. The second-order valence-electron chi connectivity index (χ2n) is 4.81. The molecule has 2 heterocycles. The summed E-state index contributed by atoms with van der Waals surface area (Å²) in [6.07, 6.45) is 4.30. The second kappa shape index (κ2) is 5.85. The minimum atomic E-state index is 0.832. The summed E-state index contributed by atoms with van der Waals surface area (Å²) in [4.78, 5) is 2.37. The largest absolute Gasteiger partial charge is 0.378 e. The van der Waals surface area contributed by atoms with Crippen LogP contribution in [0.3, 0.4) is 0 Å². The minimum absolute atomic E-state index is 0.832. The average molecular weight is 255 g/mol. The van der Waals surface area contributed by atoms with E-state index in [1.807, 2.05) is 0 Å². The average Bonchev–Trinajstić information content (AvgIpc) is 2.50. The van der Waals surface area contributed by atoms with Crippen LogP contribution in [0.5, 0.6) is 0 Å². The third-order valence-electron chi connectivity index (χ3n) is 3.46. The van der Waals surface area contributed by atoms with E-state index in [0.29, 0.717) is 0 Å². The fourth-order valence-corrected chi connectivity index (χ4v) is 2.38. The van der Waals surface area contributed by atoms with E-state index in [1.165, 1.54) is 11.3 Å². The molecule has 0 aliphatic carbocycles. The van der Waals surface area contributed by atoms with Gasteiger partial charge in [0.15, 0.2) is 18.9 Å². The van der Waals surface area contributed by atoms with Crippen molar-refractivity contribution in [1.29, 1.82) is 0 Å². The van der Waals surface area contributed by atoms with Gasteiger partial charge in [-0.2, -0.15) is 0 Å². The maximum atomic E-state index is 5.38. The van der Waals surface area contributed by atoms with E-state index < -0.39 is 0 Å². The summed E-state index contributed by atoms with van der Waals surface area (Å²) >= 11 is 0. The zero-order valence-corrected chi connectivity index (χ0v) is 11.0. The number of rotatable bonds is 3. The van der Waals surface area contributed by atoms with Gasteiger partial charge in [0.25, 0.3) is 0 Å². The van der Waals surface area contributed by atoms with E-state index in [2.05, 4.69) is 64.3 Å². The van der Waals surface area contributed by atoms with E-state index in [-0.39, 0.29) is 0 Å². The van der Waals surface area contributed by atoms with Crippen LogP contribution in [0.15, 0.2) is 54.9 Å². The Bertz CT molecular complexity index is 504. The van der Waals surface area contributed by atoms with Gasteiger partial charge in [0.2, 0.25) is 0 Å². The zero-order chi connectivity index (χ0) is 12.9. The monoisotopic (exact) mass is 255 g/mol. The van der Waals surface area contributed by atoms with Crippen molar-refractivity contribution in [3.05, 3.63) is 60.4 Å². The van der Waals surface area contributed by atoms with E-state index in [1.54, 1.807) is 0 Å². The highest BCUT2D eigenvalue weighted by molar-refractivity contribution is 5.43. The highest BCUT2D eigenvalue weighted by atomic mass is 16.5. The first kappa shape index (κ1) is 12.2. The summed E-state index contributed by atoms with van der Waals surface area (Å²) in [6.45, 7) is 4.56. The number of aromatic nitrogens is 1. The smallest absolute Gasteiger partial charge is 0.173 e. The number of nitrogens with zero attached hydrogens (tertiary/aromatic N) is 2. The number of ether oxygens (including phenoxy) is 1. The van der Waals surface area contributed by atoms with Crippen LogP contribution in [0.4, 0.5) is 5.69 Å². The van der Waals surface area contributed by atoms with Crippen LogP contribution in [0.25, 0.3) is 0 Å². The molecule has 2 aromatic rings. The number of pyridine rings is 1. The molecule has 1 aliphatic heterocycles. The molecule has 3 heteroatoms. The van der Waals surface area contributed by atoms with Gasteiger partial charge in [0, 0.05) is 36.5 Å². The van der Waals surface area contributed by atoms with Gasteiger partial charge in [-0.15, -0.1) is 0 Å². The Kier molecular flexibility index (Phi) is 3.75. The SMILES string of the molecule is c1ccc(C[n+]2ccc(N3CCOCC3)cc2)cc1. The zero-order valence-electron chi connectivity index (χ0n) is 11.0. The van der Waals surface area contributed by atoms with Gasteiger partial charge in [-0.1, -0.05) is 30.3 Å². The first-order valence-corrected chi connectivity index (χ1v) is 6.77. The van der Waals surface area contributed by atoms with Crippen LogP contribution in [-0.4, -0.2) is 26.3 Å². The Morgan fingerprint density at radius 1 is 0.947 bits per heavy atom. The quantitative estimate of drug-likeness (QED) is 0.778. The molecule has 1 aliphatic rings. The number of hydrogen-bond donors (Lipinski definition) is 0. The third kappa shape index (κ3) is 3.12. The third-order valence-corrected chi connectivity index (χ3v) is 3.46. The van der Waals surface area contributed by atoms with Gasteiger partial charge in [-0.25, -0.2) is 4.57 Å². The molecule has 1 aromatic carbocycles. The Labute approximate surface area is 114 Å². The lowest BCUT2D eigenvalue weighted by molar-refractivity contribution is -0.688. The Morgan fingerprint density at radius 2 is 1.63 bits per heavy atom. The molecule has 0 atom stereocenters. The van der Waals surface area contributed by atoms with E-state index in [9.17, 15) is 0 Å². The van der Waals surface area contributed by atoms with Crippen LogP contribution >= 0.6 is 0 Å². The first-order valence-electron chi connectivity index (χ1n) is 6.77. The molecule has 3 nitrogen and oxygen atoms in total. The van der Waals surface area contributed by atoms with E-state index >= 15 is 0 Å². The lowest BCUT2D eigenvalue weighted by atomic mass is 10.2. The second-order valence-corrected chi connectivity index (χ2v) is 4.81. The highest BCUT2D eigenvalue weighted by Crippen LogP contribution is 2.13. The Balaban J connectivity index is 1.68. The molecule has 19 heavy (non-hydrogen) atoms. The summed E-state index contributed by atoms with van der Waals surface area (Å²) < 4.78 is 7.58. The first-order chi connectivity index (χ1) is 9.42. The van der Waals surface area contributed by atoms with Crippen LogP contribution in [0.2, 0.25) is 0 Å². The van der Waals surface area contributed by atoms with Crippen molar-refractivity contribution in [3.8, 4) is 0 Å². The van der Waals surface area contributed by atoms with Crippen molar-refractivity contribution < 1.29 is 9.30 Å². The topological polar surface area (TPSA) is 16.4 Å². The van der Waals surface area contributed by atoms with Gasteiger partial charge in [-0.05, 0) is 0 Å². The van der Waals surface area contributed by atoms with Crippen molar-refractivity contribution in [2.75, 3.05) is 31.2 Å². The van der Waals surface area contributed by atoms with E-state index in [4.69, 9.17) is 4.74 Å². The predicted octanol–water partition coefficient (Wildman–Crippen LogP) is 1.86. The Morgan fingerprint density at radius 3 is 2.32 bits per heavy atom. The van der Waals surface area contributed by atoms with Gasteiger partial charge in [0.1, 0.15) is 0 Å². The summed E-state index contributed by atoms with van der Waals surface area (Å²) in [5.41, 5.74) is 2.61. The summed E-state index contributed by atoms with van der Waals surface area (Å²) in [5.74, 6) is 0. The van der Waals surface area contributed by atoms with Crippen LogP contribution in [0.1, 0.15) is 5.56 Å². The molecule has 0 amide bonds. The molecule has 0 N–H and O–H groups in total. The van der Waals surface area contributed by atoms with Crippen LogP contribution in [0, 0.1) is 0 Å². The van der Waals surface area contributed by atoms with Crippen molar-refractivity contribution in [3.63, 3.8) is 0 Å². The number of anilines is 1. The molecule has 1 fully saturated rings. The van der Waals surface area contributed by atoms with Crippen molar-refractivity contribution in [2.24, 2.45) is 0 Å². The van der Waals surface area contributed by atoms with Gasteiger partial charge in [-0.3, -0.25) is 0 Å². The number of hydrogen-bond acceptors (Lipinski definition) is 2. The highest BCUT2D eigenvalue weighted by Gasteiger charge is 2.12. The molecule has 0 unspecified atom stereocenters. The lowest BCUT2D eigenvalue weighted by Crippen LogP contribution is -2.38. The standard InChI is InChI=1S/C16H19N2O/c1-2-4-15(5-3-1)14-17-8-6-16(7-9-17)18-10-12-19-13-11-18/h1-9H,10-14H2/q+1. The predicted molar refractivity (Wildman–Crippen MR) is 75.2 cm³/mol. The number of morpholine rings is 1. The molecule has 0 saturated carbocycles. The summed E-state index contributed by atoms with van der Waals surface area (Å²) in [6, 6.07) is 14.9. The normalized spacial score (nSPS) is 15.5. The van der Waals surface area contributed by atoms with Gasteiger partial charge in [0.05, 0.1) is 13.2 Å². The number of benzene rings is 1. The summed E-state index contributed by atoms with van der Waals surface area (Å²) in [5, 5.41) is 0. The lowest BCUT2D eigenvalue weighted by Gasteiger charge is -2.28. The van der Waals surface area contributed by atoms with Gasteiger partial charge >= 0.3 is 0 Å². The molecule has 0 spiro atoms. The van der Waals surface area contributed by atoms with Crippen LogP contribution < -0.4 is 9.47 Å². The molecule has 1 aromatic heterocycles. The molecule has 0 radical (unpaired) electrons. The molecular weight excluding hydrogens is 236 g/mol. The summed E-state index contributed by atoms with van der Waals surface area (Å²) in [7, 11) is 0. The fourth-order valence-electron chi connectivity index (χ4n) is 2.38. The Hall–Kier alpha value is -1.87. The van der Waals surface area contributed by atoms with Crippen molar-refractivity contribution in [1.82, 2.24) is 0 Å². The molecular formula is C16H19N2O+. The fraction of sp³-hybridized carbons (Fsp3) is 0.312. The van der Waals surface area contributed by atoms with E-state index in [0.717, 1.165) is 32.8 Å². The van der Waals surface area contributed by atoms with Crippen LogP contribution in [-0.2, 0) is 11.3 Å². The molecule has 1 saturated heterocycles. The van der Waals surface area contributed by atoms with Crippen molar-refractivity contribution in [2.45, 2.75) is 6.54 Å².